The molecule has 0 aliphatic heterocycles. The summed E-state index contributed by atoms with van der Waals surface area (Å²) < 4.78 is 13.8. The van der Waals surface area contributed by atoms with E-state index in [4.69, 9.17) is 0 Å². The van der Waals surface area contributed by atoms with Crippen molar-refractivity contribution in [3.8, 4) is 0 Å². The molecule has 0 N–H and O–H groups in total. The minimum Gasteiger partial charge on any atom is -0.207 e. The Morgan fingerprint density at radius 2 is 1.94 bits per heavy atom. The molecule has 16 heavy (non-hydrogen) atoms. The van der Waals surface area contributed by atoms with Crippen molar-refractivity contribution in [1.82, 2.24) is 0 Å². The minimum atomic E-state index is -0.193. The summed E-state index contributed by atoms with van der Waals surface area (Å²) in [6.45, 7) is 4.29. The molecule has 0 unspecified atom stereocenters. The molecule has 0 aliphatic carbocycles. The molecular formula is C13H16BrFS. The van der Waals surface area contributed by atoms with Crippen LogP contribution in [0.3, 0.4) is 0 Å². The van der Waals surface area contributed by atoms with Crippen LogP contribution in [0.5, 0.6) is 0 Å². The van der Waals surface area contributed by atoms with Crippen LogP contribution >= 0.6 is 27.7 Å². The number of hydrogen-bond donors (Lipinski definition) is 0. The molecular weight excluding hydrogens is 287 g/mol. The highest BCUT2D eigenvalue weighted by Crippen LogP contribution is 2.27. The Hall–Kier alpha value is -0.280. The lowest BCUT2D eigenvalue weighted by atomic mass is 10.1. The molecule has 0 fully saturated rings. The van der Waals surface area contributed by atoms with Crippen molar-refractivity contribution in [2.24, 2.45) is 0 Å². The monoisotopic (exact) mass is 302 g/mol. The molecule has 1 aromatic rings. The van der Waals surface area contributed by atoms with Gasteiger partial charge >= 0.3 is 0 Å². The third-order valence-electron chi connectivity index (χ3n) is 2.14. The summed E-state index contributed by atoms with van der Waals surface area (Å²) >= 11 is 5.50. The fraction of sp³-hybridized carbons (Fsp3) is 0.385. The molecule has 3 heteroatoms. The highest BCUT2D eigenvalue weighted by atomic mass is 79.9. The van der Waals surface area contributed by atoms with Crippen LogP contribution in [0, 0.1) is 5.82 Å². The van der Waals surface area contributed by atoms with Gasteiger partial charge in [-0.1, -0.05) is 35.0 Å². The zero-order chi connectivity index (χ0) is 12.0. The van der Waals surface area contributed by atoms with Gasteiger partial charge in [0.2, 0.25) is 0 Å². The van der Waals surface area contributed by atoms with Crippen LogP contribution < -0.4 is 0 Å². The predicted molar refractivity (Wildman–Crippen MR) is 75.5 cm³/mol. The summed E-state index contributed by atoms with van der Waals surface area (Å²) in [5.74, 6) is 2.01. The highest BCUT2D eigenvalue weighted by Gasteiger charge is 2.02. The van der Waals surface area contributed by atoms with Gasteiger partial charge in [-0.2, -0.15) is 11.8 Å². The molecule has 0 heterocycles. The summed E-state index contributed by atoms with van der Waals surface area (Å²) in [6.07, 6.45) is 1.20. The van der Waals surface area contributed by atoms with Gasteiger partial charge in [0.15, 0.2) is 0 Å². The van der Waals surface area contributed by atoms with Crippen molar-refractivity contribution in [3.63, 3.8) is 0 Å². The molecule has 0 aliphatic rings. The van der Waals surface area contributed by atoms with Crippen LogP contribution in [0.25, 0.3) is 4.48 Å². The van der Waals surface area contributed by atoms with E-state index in [1.807, 2.05) is 11.8 Å². The summed E-state index contributed by atoms with van der Waals surface area (Å²) in [5.41, 5.74) is 2.33. The van der Waals surface area contributed by atoms with Gasteiger partial charge in [-0.15, -0.1) is 0 Å². The molecule has 0 saturated carbocycles. The SMILES string of the molecule is CCCSC/C(C)=C(/Br)c1ccc(F)cc1. The van der Waals surface area contributed by atoms with Crippen LogP contribution in [0.1, 0.15) is 25.8 Å². The van der Waals surface area contributed by atoms with Gasteiger partial charge in [-0.05, 0) is 42.4 Å². The summed E-state index contributed by atoms with van der Waals surface area (Å²) in [6, 6.07) is 6.58. The summed E-state index contributed by atoms with van der Waals surface area (Å²) in [7, 11) is 0. The highest BCUT2D eigenvalue weighted by molar-refractivity contribution is 9.15. The average molecular weight is 303 g/mol. The van der Waals surface area contributed by atoms with Crippen molar-refractivity contribution < 1.29 is 4.39 Å². The van der Waals surface area contributed by atoms with Gasteiger partial charge < -0.3 is 0 Å². The Bertz CT molecular complexity index is 357. The number of halogens is 2. The first kappa shape index (κ1) is 13.8. The molecule has 0 spiro atoms. The third-order valence-corrected chi connectivity index (χ3v) is 4.61. The van der Waals surface area contributed by atoms with Gasteiger partial charge in [0.1, 0.15) is 5.82 Å². The topological polar surface area (TPSA) is 0 Å². The Balaban J connectivity index is 2.70. The van der Waals surface area contributed by atoms with E-state index in [1.54, 1.807) is 12.1 Å². The first-order valence-electron chi connectivity index (χ1n) is 5.34. The van der Waals surface area contributed by atoms with Gasteiger partial charge in [0.25, 0.3) is 0 Å². The minimum absolute atomic E-state index is 0.193. The number of thioether (sulfide) groups is 1. The third kappa shape index (κ3) is 4.30. The Morgan fingerprint density at radius 1 is 1.31 bits per heavy atom. The smallest absolute Gasteiger partial charge is 0.123 e. The van der Waals surface area contributed by atoms with Gasteiger partial charge in [-0.25, -0.2) is 4.39 Å². The van der Waals surface area contributed by atoms with Crippen LogP contribution in [-0.2, 0) is 0 Å². The van der Waals surface area contributed by atoms with Crippen LogP contribution in [0.15, 0.2) is 29.8 Å². The largest absolute Gasteiger partial charge is 0.207 e. The second kappa shape index (κ2) is 7.13. The molecule has 0 radical (unpaired) electrons. The second-order valence-corrected chi connectivity index (χ2v) is 5.55. The van der Waals surface area contributed by atoms with E-state index >= 15 is 0 Å². The van der Waals surface area contributed by atoms with E-state index in [1.165, 1.54) is 29.9 Å². The maximum Gasteiger partial charge on any atom is 0.123 e. The van der Waals surface area contributed by atoms with Crippen molar-refractivity contribution >= 4 is 32.2 Å². The molecule has 0 amide bonds. The zero-order valence-corrected chi connectivity index (χ0v) is 12.0. The normalized spacial score (nSPS) is 12.5. The van der Waals surface area contributed by atoms with Crippen molar-refractivity contribution in [1.29, 1.82) is 0 Å². The molecule has 0 atom stereocenters. The standard InChI is InChI=1S/C13H16BrFS/c1-3-8-16-9-10(2)13(14)11-4-6-12(15)7-5-11/h4-7H,3,8-9H2,1-2H3/b13-10+. The molecule has 0 saturated heterocycles. The van der Waals surface area contributed by atoms with Gasteiger partial charge in [-0.3, -0.25) is 0 Å². The van der Waals surface area contributed by atoms with Crippen molar-refractivity contribution in [2.75, 3.05) is 11.5 Å². The zero-order valence-electron chi connectivity index (χ0n) is 9.59. The fourth-order valence-electron chi connectivity index (χ4n) is 1.28. The van der Waals surface area contributed by atoms with E-state index in [0.29, 0.717) is 0 Å². The molecule has 88 valence electrons. The first-order chi connectivity index (χ1) is 7.65. The number of hydrogen-bond acceptors (Lipinski definition) is 1. The number of rotatable bonds is 5. The Kier molecular flexibility index (Phi) is 6.14. The lowest BCUT2D eigenvalue weighted by Crippen LogP contribution is -1.88. The Labute approximate surface area is 109 Å². The number of benzene rings is 1. The van der Waals surface area contributed by atoms with Crippen LogP contribution in [0.4, 0.5) is 4.39 Å². The van der Waals surface area contributed by atoms with E-state index in [2.05, 4.69) is 29.8 Å². The van der Waals surface area contributed by atoms with Crippen LogP contribution in [0.2, 0.25) is 0 Å². The van der Waals surface area contributed by atoms with Crippen LogP contribution in [-0.4, -0.2) is 11.5 Å². The summed E-state index contributed by atoms with van der Waals surface area (Å²) in [4.78, 5) is 0. The van der Waals surface area contributed by atoms with E-state index in [9.17, 15) is 4.39 Å². The predicted octanol–water partition coefficient (Wildman–Crippen LogP) is 5.09. The maximum atomic E-state index is 12.8. The average Bonchev–Trinajstić information content (AvgIpc) is 2.29. The van der Waals surface area contributed by atoms with E-state index < -0.39 is 0 Å². The van der Waals surface area contributed by atoms with E-state index in [0.717, 1.165) is 15.8 Å². The van der Waals surface area contributed by atoms with Crippen molar-refractivity contribution in [2.45, 2.75) is 20.3 Å². The lowest BCUT2D eigenvalue weighted by molar-refractivity contribution is 0.627. The first-order valence-corrected chi connectivity index (χ1v) is 7.29. The molecule has 0 nitrogen and oxygen atoms in total. The fourth-order valence-corrected chi connectivity index (χ4v) is 2.75. The quantitative estimate of drug-likeness (QED) is 0.682. The lowest BCUT2D eigenvalue weighted by Gasteiger charge is -2.06. The van der Waals surface area contributed by atoms with Gasteiger partial charge in [0.05, 0.1) is 0 Å². The molecule has 0 bridgehead atoms. The maximum absolute atomic E-state index is 12.8. The van der Waals surface area contributed by atoms with Crippen molar-refractivity contribution in [3.05, 3.63) is 41.2 Å². The molecule has 0 aromatic heterocycles. The summed E-state index contributed by atoms with van der Waals surface area (Å²) in [5, 5.41) is 0. The second-order valence-electron chi connectivity index (χ2n) is 3.65. The molecule has 1 rings (SSSR count). The van der Waals surface area contributed by atoms with Gasteiger partial charge in [0, 0.05) is 10.2 Å². The van der Waals surface area contributed by atoms with E-state index in [-0.39, 0.29) is 5.82 Å². The Morgan fingerprint density at radius 3 is 2.50 bits per heavy atom. The molecule has 1 aromatic carbocycles.